The fourth-order valence-electron chi connectivity index (χ4n) is 1.37. The van der Waals surface area contributed by atoms with Crippen LogP contribution >= 0.6 is 0 Å². The van der Waals surface area contributed by atoms with Gasteiger partial charge in [-0.2, -0.15) is 0 Å². The van der Waals surface area contributed by atoms with Crippen LogP contribution in [0.4, 0.5) is 0 Å². The summed E-state index contributed by atoms with van der Waals surface area (Å²) in [7, 11) is 0. The van der Waals surface area contributed by atoms with E-state index in [0.29, 0.717) is 5.92 Å². The first-order valence-electron chi connectivity index (χ1n) is 6.88. The van der Waals surface area contributed by atoms with E-state index >= 15 is 0 Å². The molecule has 2 nitrogen and oxygen atoms in total. The summed E-state index contributed by atoms with van der Waals surface area (Å²) in [4.78, 5) is 11.8. The van der Waals surface area contributed by atoms with Crippen molar-refractivity contribution in [3.63, 3.8) is 0 Å². The number of carbonyl (C=O) groups is 1. The van der Waals surface area contributed by atoms with Crippen molar-refractivity contribution in [3.05, 3.63) is 12.2 Å². The second kappa shape index (κ2) is 9.26. The molecule has 1 unspecified atom stereocenters. The highest BCUT2D eigenvalue weighted by molar-refractivity contribution is 5.72. The van der Waals surface area contributed by atoms with Crippen molar-refractivity contribution in [1.82, 2.24) is 0 Å². The molecule has 17 heavy (non-hydrogen) atoms. The Morgan fingerprint density at radius 1 is 1.18 bits per heavy atom. The molecule has 0 fully saturated rings. The molecule has 0 saturated carbocycles. The van der Waals surface area contributed by atoms with Gasteiger partial charge in [0.15, 0.2) is 0 Å². The Bertz CT molecular complexity index is 231. The van der Waals surface area contributed by atoms with E-state index in [1.165, 1.54) is 0 Å². The van der Waals surface area contributed by atoms with Crippen LogP contribution in [0.2, 0.25) is 0 Å². The predicted octanol–water partition coefficient (Wildman–Crippen LogP) is 4.35. The van der Waals surface area contributed by atoms with Gasteiger partial charge in [-0.3, -0.25) is 4.79 Å². The lowest BCUT2D eigenvalue weighted by Crippen LogP contribution is -2.25. The van der Waals surface area contributed by atoms with Crippen molar-refractivity contribution >= 4 is 5.97 Å². The molecule has 0 aliphatic carbocycles. The zero-order chi connectivity index (χ0) is 13.3. The van der Waals surface area contributed by atoms with Crippen molar-refractivity contribution in [2.75, 3.05) is 0 Å². The van der Waals surface area contributed by atoms with Gasteiger partial charge in [-0.25, -0.2) is 0 Å². The van der Waals surface area contributed by atoms with Gasteiger partial charge in [0, 0.05) is 6.42 Å². The van der Waals surface area contributed by atoms with E-state index in [1.54, 1.807) is 0 Å². The SMILES string of the molecule is CCC/C=C\CC(CC)OC(=O)[C@@H](C)C(C)C. The first kappa shape index (κ1) is 16.2. The molecular formula is C15H28O2. The summed E-state index contributed by atoms with van der Waals surface area (Å²) < 4.78 is 5.51. The van der Waals surface area contributed by atoms with Gasteiger partial charge in [0.25, 0.3) is 0 Å². The maximum Gasteiger partial charge on any atom is 0.309 e. The summed E-state index contributed by atoms with van der Waals surface area (Å²) >= 11 is 0. The van der Waals surface area contributed by atoms with E-state index in [2.05, 4.69) is 26.0 Å². The van der Waals surface area contributed by atoms with E-state index in [9.17, 15) is 4.79 Å². The summed E-state index contributed by atoms with van der Waals surface area (Å²) in [5.74, 6) is 0.273. The van der Waals surface area contributed by atoms with Crippen molar-refractivity contribution in [3.8, 4) is 0 Å². The Balaban J connectivity index is 4.08. The minimum Gasteiger partial charge on any atom is -0.462 e. The molecule has 0 aromatic carbocycles. The van der Waals surface area contributed by atoms with Crippen molar-refractivity contribution in [2.24, 2.45) is 11.8 Å². The maximum atomic E-state index is 11.8. The summed E-state index contributed by atoms with van der Waals surface area (Å²) in [6.07, 6.45) is 8.33. The average Bonchev–Trinajstić information content (AvgIpc) is 2.31. The average molecular weight is 240 g/mol. The monoisotopic (exact) mass is 240 g/mol. The standard InChI is InChI=1S/C15H28O2/c1-6-8-9-10-11-14(7-2)17-15(16)13(5)12(3)4/h9-10,12-14H,6-8,11H2,1-5H3/b10-9-/t13-,14?/m0/s1. The lowest BCUT2D eigenvalue weighted by Gasteiger charge is -2.19. The summed E-state index contributed by atoms with van der Waals surface area (Å²) in [5.41, 5.74) is 0. The van der Waals surface area contributed by atoms with Gasteiger partial charge < -0.3 is 4.74 Å². The third-order valence-corrected chi connectivity index (χ3v) is 3.13. The number of allylic oxidation sites excluding steroid dienone is 1. The van der Waals surface area contributed by atoms with Crippen molar-refractivity contribution < 1.29 is 9.53 Å². The van der Waals surface area contributed by atoms with E-state index in [4.69, 9.17) is 4.74 Å². The van der Waals surface area contributed by atoms with Crippen LogP contribution in [-0.2, 0) is 9.53 Å². The van der Waals surface area contributed by atoms with E-state index < -0.39 is 0 Å². The highest BCUT2D eigenvalue weighted by Crippen LogP contribution is 2.15. The van der Waals surface area contributed by atoms with E-state index in [0.717, 1.165) is 25.7 Å². The second-order valence-electron chi connectivity index (χ2n) is 5.00. The molecule has 0 aliphatic rings. The highest BCUT2D eigenvalue weighted by atomic mass is 16.5. The Morgan fingerprint density at radius 3 is 2.29 bits per heavy atom. The largest absolute Gasteiger partial charge is 0.462 e. The van der Waals surface area contributed by atoms with Gasteiger partial charge in [-0.15, -0.1) is 0 Å². The third kappa shape index (κ3) is 7.19. The molecule has 0 aliphatic heterocycles. The molecule has 0 aromatic heterocycles. The molecule has 100 valence electrons. The van der Waals surface area contributed by atoms with Gasteiger partial charge in [-0.1, -0.05) is 53.2 Å². The molecule has 0 spiro atoms. The van der Waals surface area contributed by atoms with Gasteiger partial charge in [0.2, 0.25) is 0 Å². The van der Waals surface area contributed by atoms with Crippen LogP contribution in [0.3, 0.4) is 0 Å². The number of hydrogen-bond donors (Lipinski definition) is 0. The van der Waals surface area contributed by atoms with Gasteiger partial charge in [-0.05, 0) is 18.8 Å². The molecule has 0 heterocycles. The van der Waals surface area contributed by atoms with Crippen LogP contribution < -0.4 is 0 Å². The molecule has 2 heteroatoms. The van der Waals surface area contributed by atoms with Crippen molar-refractivity contribution in [1.29, 1.82) is 0 Å². The van der Waals surface area contributed by atoms with Crippen molar-refractivity contribution in [2.45, 2.75) is 66.4 Å². The first-order chi connectivity index (χ1) is 8.02. The van der Waals surface area contributed by atoms with Gasteiger partial charge in [0.05, 0.1) is 5.92 Å². The zero-order valence-electron chi connectivity index (χ0n) is 12.0. The Labute approximate surface area is 106 Å². The predicted molar refractivity (Wildman–Crippen MR) is 72.8 cm³/mol. The lowest BCUT2D eigenvalue weighted by atomic mass is 9.98. The fraction of sp³-hybridized carbons (Fsp3) is 0.800. The van der Waals surface area contributed by atoms with Gasteiger partial charge >= 0.3 is 5.97 Å². The lowest BCUT2D eigenvalue weighted by molar-refractivity contribution is -0.154. The molecule has 0 N–H and O–H groups in total. The second-order valence-corrected chi connectivity index (χ2v) is 5.00. The van der Waals surface area contributed by atoms with Crippen LogP contribution in [-0.4, -0.2) is 12.1 Å². The summed E-state index contributed by atoms with van der Waals surface area (Å²) in [6.45, 7) is 10.3. The number of esters is 1. The van der Waals surface area contributed by atoms with E-state index in [1.807, 2.05) is 20.8 Å². The van der Waals surface area contributed by atoms with Crippen LogP contribution in [0.15, 0.2) is 12.2 Å². The fourth-order valence-corrected chi connectivity index (χ4v) is 1.37. The van der Waals surface area contributed by atoms with Crippen LogP contribution in [0, 0.1) is 11.8 Å². The zero-order valence-corrected chi connectivity index (χ0v) is 12.0. The Kier molecular flexibility index (Phi) is 8.83. The minimum absolute atomic E-state index is 0.0105. The van der Waals surface area contributed by atoms with E-state index in [-0.39, 0.29) is 18.0 Å². The molecule has 0 aromatic rings. The number of ether oxygens (including phenoxy) is 1. The number of unbranched alkanes of at least 4 members (excludes halogenated alkanes) is 1. The first-order valence-corrected chi connectivity index (χ1v) is 6.88. The van der Waals surface area contributed by atoms with Gasteiger partial charge in [0.1, 0.15) is 6.10 Å². The molecule has 0 amide bonds. The number of rotatable bonds is 8. The quantitative estimate of drug-likeness (QED) is 0.466. The molecule has 0 radical (unpaired) electrons. The van der Waals surface area contributed by atoms with Crippen LogP contribution in [0.1, 0.15) is 60.3 Å². The molecule has 0 rings (SSSR count). The maximum absolute atomic E-state index is 11.8. The summed E-state index contributed by atoms with van der Waals surface area (Å²) in [5, 5.41) is 0. The van der Waals surface area contributed by atoms with Crippen LogP contribution in [0.25, 0.3) is 0 Å². The smallest absolute Gasteiger partial charge is 0.309 e. The Hall–Kier alpha value is -0.790. The Morgan fingerprint density at radius 2 is 1.82 bits per heavy atom. The summed E-state index contributed by atoms with van der Waals surface area (Å²) in [6, 6.07) is 0. The minimum atomic E-state index is -0.0595. The normalized spacial score (nSPS) is 15.2. The molecule has 2 atom stereocenters. The topological polar surface area (TPSA) is 26.3 Å². The third-order valence-electron chi connectivity index (χ3n) is 3.13. The van der Waals surface area contributed by atoms with Crippen LogP contribution in [0.5, 0.6) is 0 Å². The number of hydrogen-bond acceptors (Lipinski definition) is 2. The molecule has 0 bridgehead atoms. The molecular weight excluding hydrogens is 212 g/mol. The number of carbonyl (C=O) groups excluding carboxylic acids is 1. The highest BCUT2D eigenvalue weighted by Gasteiger charge is 2.20. The molecule has 0 saturated heterocycles.